The molecule has 0 bridgehead atoms. The van der Waals surface area contributed by atoms with Gasteiger partial charge in [0.15, 0.2) is 0 Å². The number of ether oxygens (including phenoxy) is 1. The number of hydrogen-bond acceptors (Lipinski definition) is 4. The van der Waals surface area contributed by atoms with Crippen molar-refractivity contribution in [3.8, 4) is 0 Å². The molecule has 96 valence electrons. The standard InChI is InChI=1S/C11H23FN2O2/c1-13(4-2-3-12)9-11(15)10-14-5-7-16-8-6-14/h11,15H,2-10H2,1H3. The highest BCUT2D eigenvalue weighted by atomic mass is 19.1. The molecule has 0 saturated carbocycles. The maximum Gasteiger partial charge on any atom is 0.0906 e. The summed E-state index contributed by atoms with van der Waals surface area (Å²) >= 11 is 0. The van der Waals surface area contributed by atoms with Crippen LogP contribution in [0.5, 0.6) is 0 Å². The van der Waals surface area contributed by atoms with Gasteiger partial charge >= 0.3 is 0 Å². The second-order valence-electron chi connectivity index (χ2n) is 4.37. The van der Waals surface area contributed by atoms with Crippen molar-refractivity contribution in [2.75, 3.05) is 59.7 Å². The molecule has 1 atom stereocenters. The number of rotatable bonds is 7. The molecule has 1 rings (SSSR count). The molecule has 1 saturated heterocycles. The minimum absolute atomic E-state index is 0.288. The van der Waals surface area contributed by atoms with Gasteiger partial charge in [-0.15, -0.1) is 0 Å². The first-order valence-electron chi connectivity index (χ1n) is 5.95. The molecule has 1 unspecified atom stereocenters. The summed E-state index contributed by atoms with van der Waals surface area (Å²) in [5, 5.41) is 9.85. The predicted octanol–water partition coefficient (Wildman–Crippen LogP) is -0.0291. The second kappa shape index (κ2) is 7.95. The zero-order chi connectivity index (χ0) is 11.8. The lowest BCUT2D eigenvalue weighted by molar-refractivity contribution is 0.00858. The van der Waals surface area contributed by atoms with Gasteiger partial charge in [-0.1, -0.05) is 0 Å². The van der Waals surface area contributed by atoms with Crippen LogP contribution in [-0.2, 0) is 4.74 Å². The van der Waals surface area contributed by atoms with Crippen LogP contribution in [0.25, 0.3) is 0 Å². The summed E-state index contributed by atoms with van der Waals surface area (Å²) in [5.74, 6) is 0. The Balaban J connectivity index is 2.11. The van der Waals surface area contributed by atoms with Crippen LogP contribution in [0.3, 0.4) is 0 Å². The highest BCUT2D eigenvalue weighted by Crippen LogP contribution is 2.00. The van der Waals surface area contributed by atoms with Crippen LogP contribution >= 0.6 is 0 Å². The van der Waals surface area contributed by atoms with Crippen LogP contribution in [0.15, 0.2) is 0 Å². The average Bonchev–Trinajstić information content (AvgIpc) is 2.27. The molecule has 1 N–H and O–H groups in total. The van der Waals surface area contributed by atoms with E-state index < -0.39 is 0 Å². The molecule has 0 aromatic rings. The van der Waals surface area contributed by atoms with Gasteiger partial charge in [-0.2, -0.15) is 0 Å². The van der Waals surface area contributed by atoms with Crippen molar-refractivity contribution in [3.63, 3.8) is 0 Å². The summed E-state index contributed by atoms with van der Waals surface area (Å²) in [5.41, 5.74) is 0. The molecule has 0 aromatic carbocycles. The molecule has 4 nitrogen and oxygen atoms in total. The number of nitrogens with zero attached hydrogens (tertiary/aromatic N) is 2. The smallest absolute Gasteiger partial charge is 0.0906 e. The van der Waals surface area contributed by atoms with Gasteiger partial charge in [-0.05, 0) is 13.5 Å². The van der Waals surface area contributed by atoms with Gasteiger partial charge < -0.3 is 14.7 Å². The van der Waals surface area contributed by atoms with Crippen molar-refractivity contribution >= 4 is 0 Å². The van der Waals surface area contributed by atoms with Crippen LogP contribution < -0.4 is 0 Å². The fourth-order valence-electron chi connectivity index (χ4n) is 1.92. The Labute approximate surface area is 97.0 Å². The van der Waals surface area contributed by atoms with Crippen LogP contribution in [0.4, 0.5) is 4.39 Å². The molecule has 5 heteroatoms. The summed E-state index contributed by atoms with van der Waals surface area (Å²) in [6, 6.07) is 0. The van der Waals surface area contributed by atoms with Crippen molar-refractivity contribution in [1.82, 2.24) is 9.80 Å². The molecule has 0 spiro atoms. The van der Waals surface area contributed by atoms with E-state index in [4.69, 9.17) is 4.74 Å². The Morgan fingerprint density at radius 2 is 2.12 bits per heavy atom. The minimum atomic E-state index is -0.359. The van der Waals surface area contributed by atoms with Gasteiger partial charge in [-0.25, -0.2) is 0 Å². The zero-order valence-electron chi connectivity index (χ0n) is 10.1. The van der Waals surface area contributed by atoms with Crippen molar-refractivity contribution in [1.29, 1.82) is 0 Å². The Hall–Kier alpha value is -0.230. The SMILES string of the molecule is CN(CCCF)CC(O)CN1CCOCC1. The van der Waals surface area contributed by atoms with Crippen molar-refractivity contribution in [2.24, 2.45) is 0 Å². The maximum absolute atomic E-state index is 12.0. The molecular weight excluding hydrogens is 211 g/mol. The van der Waals surface area contributed by atoms with Crippen LogP contribution in [0.1, 0.15) is 6.42 Å². The maximum atomic E-state index is 12.0. The molecule has 0 amide bonds. The third-order valence-corrected chi connectivity index (χ3v) is 2.77. The fourth-order valence-corrected chi connectivity index (χ4v) is 1.92. The number of hydrogen-bond donors (Lipinski definition) is 1. The number of alkyl halides is 1. The van der Waals surface area contributed by atoms with E-state index in [1.807, 2.05) is 11.9 Å². The van der Waals surface area contributed by atoms with Crippen LogP contribution in [0, 0.1) is 0 Å². The second-order valence-corrected chi connectivity index (χ2v) is 4.37. The highest BCUT2D eigenvalue weighted by Gasteiger charge is 2.15. The third kappa shape index (κ3) is 5.75. The molecule has 1 fully saturated rings. The van der Waals surface area contributed by atoms with E-state index in [1.165, 1.54) is 0 Å². The molecule has 1 heterocycles. The predicted molar refractivity (Wildman–Crippen MR) is 61.4 cm³/mol. The van der Waals surface area contributed by atoms with Gasteiger partial charge in [0.2, 0.25) is 0 Å². The van der Waals surface area contributed by atoms with E-state index >= 15 is 0 Å². The molecule has 16 heavy (non-hydrogen) atoms. The summed E-state index contributed by atoms with van der Waals surface area (Å²) in [4.78, 5) is 4.18. The number of aliphatic hydroxyl groups excluding tert-OH is 1. The number of halogens is 1. The molecule has 0 aromatic heterocycles. The highest BCUT2D eigenvalue weighted by molar-refractivity contribution is 4.69. The Morgan fingerprint density at radius 3 is 2.75 bits per heavy atom. The van der Waals surface area contributed by atoms with E-state index in [0.29, 0.717) is 26.1 Å². The van der Waals surface area contributed by atoms with Gasteiger partial charge in [0.25, 0.3) is 0 Å². The number of β-amino-alcohol motifs (C(OH)–C–C–N with tert-alkyl or cyclic N) is 1. The van der Waals surface area contributed by atoms with E-state index in [1.54, 1.807) is 0 Å². The van der Waals surface area contributed by atoms with E-state index in [-0.39, 0.29) is 12.8 Å². The first kappa shape index (κ1) is 13.8. The molecule has 1 aliphatic rings. The van der Waals surface area contributed by atoms with Crippen LogP contribution in [-0.4, -0.2) is 80.7 Å². The minimum Gasteiger partial charge on any atom is -0.390 e. The quantitative estimate of drug-likeness (QED) is 0.671. The lowest BCUT2D eigenvalue weighted by atomic mass is 10.2. The van der Waals surface area contributed by atoms with E-state index in [9.17, 15) is 9.50 Å². The Bertz CT molecular complexity index is 177. The molecule has 0 radical (unpaired) electrons. The first-order chi connectivity index (χ1) is 7.72. The van der Waals surface area contributed by atoms with E-state index in [0.717, 1.165) is 26.3 Å². The summed E-state index contributed by atoms with van der Waals surface area (Å²) in [6.45, 7) is 5.01. The van der Waals surface area contributed by atoms with Gasteiger partial charge in [0.1, 0.15) is 0 Å². The first-order valence-corrected chi connectivity index (χ1v) is 5.95. The Morgan fingerprint density at radius 1 is 1.44 bits per heavy atom. The summed E-state index contributed by atoms with van der Waals surface area (Å²) in [7, 11) is 1.91. The summed E-state index contributed by atoms with van der Waals surface area (Å²) < 4.78 is 17.2. The lowest BCUT2D eigenvalue weighted by Gasteiger charge is -2.30. The van der Waals surface area contributed by atoms with Gasteiger partial charge in [-0.3, -0.25) is 9.29 Å². The molecular formula is C11H23FN2O2. The number of aliphatic hydroxyl groups is 1. The van der Waals surface area contributed by atoms with Gasteiger partial charge in [0, 0.05) is 32.7 Å². The molecule has 1 aliphatic heterocycles. The van der Waals surface area contributed by atoms with Crippen LogP contribution in [0.2, 0.25) is 0 Å². The largest absolute Gasteiger partial charge is 0.390 e. The van der Waals surface area contributed by atoms with Crippen molar-refractivity contribution < 1.29 is 14.2 Å². The normalized spacial score (nSPS) is 20.2. The van der Waals surface area contributed by atoms with Crippen molar-refractivity contribution in [3.05, 3.63) is 0 Å². The number of likely N-dealkylation sites (N-methyl/N-ethyl adjacent to an activating group) is 1. The molecule has 0 aliphatic carbocycles. The van der Waals surface area contributed by atoms with Gasteiger partial charge in [0.05, 0.1) is 26.0 Å². The monoisotopic (exact) mass is 234 g/mol. The van der Waals surface area contributed by atoms with E-state index in [2.05, 4.69) is 4.90 Å². The topological polar surface area (TPSA) is 35.9 Å². The third-order valence-electron chi connectivity index (χ3n) is 2.77. The lowest BCUT2D eigenvalue weighted by Crippen LogP contribution is -2.44. The fraction of sp³-hybridized carbons (Fsp3) is 1.00. The zero-order valence-corrected chi connectivity index (χ0v) is 10.1. The summed E-state index contributed by atoms with van der Waals surface area (Å²) in [6.07, 6.45) is 0.184. The average molecular weight is 234 g/mol. The Kier molecular flexibility index (Phi) is 6.87. The number of morpholine rings is 1. The van der Waals surface area contributed by atoms with Crippen molar-refractivity contribution in [2.45, 2.75) is 12.5 Å².